The van der Waals surface area contributed by atoms with Crippen molar-refractivity contribution >= 4 is 0 Å². The Morgan fingerprint density at radius 1 is 0.867 bits per heavy atom. The van der Waals surface area contributed by atoms with Crippen LogP contribution < -0.4 is 5.32 Å². The Hall–Kier alpha value is -0.0400. The Kier molecular flexibility index (Phi) is 3.01. The minimum Gasteiger partial charge on any atom is -0.314 e. The minimum atomic E-state index is 0.917. The van der Waals surface area contributed by atoms with Gasteiger partial charge in [-0.05, 0) is 43.6 Å². The number of hydrogen-bond donors (Lipinski definition) is 1. The third-order valence-corrected chi connectivity index (χ3v) is 4.73. The Morgan fingerprint density at radius 2 is 1.60 bits per heavy atom. The summed E-state index contributed by atoms with van der Waals surface area (Å²) in [6.45, 7) is 1.34. The molecule has 0 aliphatic heterocycles. The van der Waals surface area contributed by atoms with Crippen molar-refractivity contribution in [3.05, 3.63) is 0 Å². The molecule has 2 atom stereocenters. The second kappa shape index (κ2) is 4.45. The zero-order valence-electron chi connectivity index (χ0n) is 9.88. The molecule has 1 nitrogen and oxygen atoms in total. The molecule has 0 spiro atoms. The SMILES string of the molecule is C1CCCC(C2CC2CNC2CC2)CC1. The van der Waals surface area contributed by atoms with E-state index in [-0.39, 0.29) is 0 Å². The predicted molar refractivity (Wildman–Crippen MR) is 63.8 cm³/mol. The molecule has 0 amide bonds. The van der Waals surface area contributed by atoms with Crippen molar-refractivity contribution in [3.8, 4) is 0 Å². The van der Waals surface area contributed by atoms with E-state index in [1.165, 1.54) is 45.1 Å². The van der Waals surface area contributed by atoms with Crippen molar-refractivity contribution in [2.24, 2.45) is 17.8 Å². The van der Waals surface area contributed by atoms with Crippen LogP contribution >= 0.6 is 0 Å². The maximum absolute atomic E-state index is 3.70. The van der Waals surface area contributed by atoms with Gasteiger partial charge < -0.3 is 5.32 Å². The lowest BCUT2D eigenvalue weighted by Gasteiger charge is -2.13. The Morgan fingerprint density at radius 3 is 2.27 bits per heavy atom. The van der Waals surface area contributed by atoms with E-state index in [0.717, 1.165) is 23.8 Å². The lowest BCUT2D eigenvalue weighted by molar-refractivity contribution is 0.380. The van der Waals surface area contributed by atoms with Gasteiger partial charge >= 0.3 is 0 Å². The average molecular weight is 207 g/mol. The first-order chi connectivity index (χ1) is 7.43. The van der Waals surface area contributed by atoms with Crippen LogP contribution in [0.5, 0.6) is 0 Å². The largest absolute Gasteiger partial charge is 0.314 e. The van der Waals surface area contributed by atoms with Gasteiger partial charge in [0.1, 0.15) is 0 Å². The number of nitrogens with one attached hydrogen (secondary N) is 1. The molecule has 1 heteroatoms. The maximum atomic E-state index is 3.70. The molecule has 1 N–H and O–H groups in total. The van der Waals surface area contributed by atoms with E-state index in [1.807, 2.05) is 0 Å². The van der Waals surface area contributed by atoms with Gasteiger partial charge in [0.25, 0.3) is 0 Å². The molecule has 0 saturated heterocycles. The van der Waals surface area contributed by atoms with Gasteiger partial charge in [0.2, 0.25) is 0 Å². The molecule has 0 aromatic carbocycles. The summed E-state index contributed by atoms with van der Waals surface area (Å²) in [4.78, 5) is 0. The fraction of sp³-hybridized carbons (Fsp3) is 1.00. The topological polar surface area (TPSA) is 12.0 Å². The van der Waals surface area contributed by atoms with E-state index in [1.54, 1.807) is 19.3 Å². The lowest BCUT2D eigenvalue weighted by atomic mass is 9.94. The number of rotatable bonds is 4. The van der Waals surface area contributed by atoms with E-state index in [4.69, 9.17) is 0 Å². The van der Waals surface area contributed by atoms with Crippen molar-refractivity contribution in [2.45, 2.75) is 63.8 Å². The van der Waals surface area contributed by atoms with Crippen LogP contribution in [0, 0.1) is 17.8 Å². The lowest BCUT2D eigenvalue weighted by Crippen LogP contribution is -2.20. The highest BCUT2D eigenvalue weighted by atomic mass is 15.0. The van der Waals surface area contributed by atoms with Crippen LogP contribution in [0.1, 0.15) is 57.8 Å². The molecule has 3 rings (SSSR count). The maximum Gasteiger partial charge on any atom is 0.00683 e. The molecule has 15 heavy (non-hydrogen) atoms. The first-order valence-corrected chi connectivity index (χ1v) is 7.17. The summed E-state index contributed by atoms with van der Waals surface area (Å²) in [7, 11) is 0. The summed E-state index contributed by atoms with van der Waals surface area (Å²) in [5.41, 5.74) is 0. The monoisotopic (exact) mass is 207 g/mol. The summed E-state index contributed by atoms with van der Waals surface area (Å²) < 4.78 is 0. The molecule has 3 aliphatic rings. The van der Waals surface area contributed by atoms with Crippen molar-refractivity contribution in [3.63, 3.8) is 0 Å². The highest BCUT2D eigenvalue weighted by Crippen LogP contribution is 2.48. The van der Waals surface area contributed by atoms with Gasteiger partial charge in [-0.1, -0.05) is 38.5 Å². The molecule has 2 unspecified atom stereocenters. The van der Waals surface area contributed by atoms with Gasteiger partial charge in [-0.2, -0.15) is 0 Å². The summed E-state index contributed by atoms with van der Waals surface area (Å²) >= 11 is 0. The van der Waals surface area contributed by atoms with E-state index >= 15 is 0 Å². The van der Waals surface area contributed by atoms with Crippen LogP contribution in [-0.2, 0) is 0 Å². The summed E-state index contributed by atoms with van der Waals surface area (Å²) in [5, 5.41) is 3.70. The molecule has 3 saturated carbocycles. The van der Waals surface area contributed by atoms with Gasteiger partial charge in [-0.15, -0.1) is 0 Å². The van der Waals surface area contributed by atoms with E-state index < -0.39 is 0 Å². The van der Waals surface area contributed by atoms with E-state index in [0.29, 0.717) is 0 Å². The molecule has 3 aliphatic carbocycles. The molecule has 0 heterocycles. The molecule has 0 aromatic heterocycles. The zero-order chi connectivity index (χ0) is 10.1. The molecule has 3 fully saturated rings. The first kappa shape index (κ1) is 10.1. The zero-order valence-corrected chi connectivity index (χ0v) is 9.88. The predicted octanol–water partition coefficient (Wildman–Crippen LogP) is 3.34. The van der Waals surface area contributed by atoms with Crippen LogP contribution in [0.3, 0.4) is 0 Å². The third kappa shape index (κ3) is 2.75. The second-order valence-electron chi connectivity index (χ2n) is 6.09. The van der Waals surface area contributed by atoms with Crippen molar-refractivity contribution in [2.75, 3.05) is 6.54 Å². The van der Waals surface area contributed by atoms with Crippen molar-refractivity contribution in [1.82, 2.24) is 5.32 Å². The van der Waals surface area contributed by atoms with Gasteiger partial charge in [0, 0.05) is 6.04 Å². The van der Waals surface area contributed by atoms with Crippen molar-refractivity contribution < 1.29 is 0 Å². The van der Waals surface area contributed by atoms with Crippen LogP contribution in [0.4, 0.5) is 0 Å². The van der Waals surface area contributed by atoms with Crippen LogP contribution in [0.15, 0.2) is 0 Å². The fourth-order valence-electron chi connectivity index (χ4n) is 3.43. The van der Waals surface area contributed by atoms with Gasteiger partial charge in [-0.3, -0.25) is 0 Å². The quantitative estimate of drug-likeness (QED) is 0.697. The minimum absolute atomic E-state index is 0.917. The molecular weight excluding hydrogens is 182 g/mol. The smallest absolute Gasteiger partial charge is 0.00683 e. The third-order valence-electron chi connectivity index (χ3n) is 4.73. The number of hydrogen-bond acceptors (Lipinski definition) is 1. The highest BCUT2D eigenvalue weighted by molar-refractivity contribution is 4.94. The molecule has 0 aromatic rings. The average Bonchev–Trinajstić information content (AvgIpc) is 3.12. The molecule has 86 valence electrons. The van der Waals surface area contributed by atoms with Gasteiger partial charge in [0.15, 0.2) is 0 Å². The Labute approximate surface area is 94.0 Å². The molecule has 0 bridgehead atoms. The van der Waals surface area contributed by atoms with Gasteiger partial charge in [-0.25, -0.2) is 0 Å². The molecular formula is C14H25N. The summed E-state index contributed by atoms with van der Waals surface area (Å²) in [5.74, 6) is 3.29. The standard InChI is InChI=1S/C14H25N/c1-2-4-6-11(5-3-1)14-9-12(14)10-15-13-7-8-13/h11-15H,1-10H2. The fourth-order valence-corrected chi connectivity index (χ4v) is 3.43. The summed E-state index contributed by atoms with van der Waals surface area (Å²) in [6.07, 6.45) is 13.6. The first-order valence-electron chi connectivity index (χ1n) is 7.17. The Balaban J connectivity index is 1.39. The van der Waals surface area contributed by atoms with Crippen LogP contribution in [-0.4, -0.2) is 12.6 Å². The second-order valence-corrected chi connectivity index (χ2v) is 6.09. The van der Waals surface area contributed by atoms with Crippen molar-refractivity contribution in [1.29, 1.82) is 0 Å². The van der Waals surface area contributed by atoms with Gasteiger partial charge in [0.05, 0.1) is 0 Å². The highest BCUT2D eigenvalue weighted by Gasteiger charge is 2.42. The van der Waals surface area contributed by atoms with Crippen LogP contribution in [0.25, 0.3) is 0 Å². The Bertz CT molecular complexity index is 201. The summed E-state index contributed by atoms with van der Waals surface area (Å²) in [6, 6.07) is 0.917. The van der Waals surface area contributed by atoms with Crippen LogP contribution in [0.2, 0.25) is 0 Å². The normalized spacial score (nSPS) is 37.6. The molecule has 0 radical (unpaired) electrons. The van der Waals surface area contributed by atoms with E-state index in [2.05, 4.69) is 5.32 Å². The van der Waals surface area contributed by atoms with E-state index in [9.17, 15) is 0 Å².